The topological polar surface area (TPSA) is 64.1 Å². The quantitative estimate of drug-likeness (QED) is 0.939. The van der Waals surface area contributed by atoms with E-state index in [2.05, 4.69) is 15.3 Å². The van der Waals surface area contributed by atoms with Gasteiger partial charge in [-0.05, 0) is 18.6 Å². The number of hydrogen-bond donors (Lipinski definition) is 1. The lowest BCUT2D eigenvalue weighted by Crippen LogP contribution is -2.27. The van der Waals surface area contributed by atoms with Gasteiger partial charge in [-0.1, -0.05) is 30.7 Å². The predicted molar refractivity (Wildman–Crippen MR) is 76.8 cm³/mol. The standard InChI is InChI=1S/C14H14ClN3O2/c1-2-6-16-14(19)20-13-8-12(17-9-18-13)10-4-3-5-11(15)7-10/h3-5,7-9H,2,6H2,1H3,(H,16,19). The fraction of sp³-hybridized carbons (Fsp3) is 0.214. The van der Waals surface area contributed by atoms with Gasteiger partial charge >= 0.3 is 6.09 Å². The Morgan fingerprint density at radius 1 is 1.35 bits per heavy atom. The Morgan fingerprint density at radius 2 is 2.20 bits per heavy atom. The van der Waals surface area contributed by atoms with Gasteiger partial charge in [0.2, 0.25) is 5.88 Å². The van der Waals surface area contributed by atoms with Crippen LogP contribution < -0.4 is 10.1 Å². The summed E-state index contributed by atoms with van der Waals surface area (Å²) in [6, 6.07) is 8.85. The lowest BCUT2D eigenvalue weighted by Gasteiger charge is -2.06. The minimum atomic E-state index is -0.525. The van der Waals surface area contributed by atoms with Crippen molar-refractivity contribution in [2.75, 3.05) is 6.54 Å². The Bertz CT molecular complexity index is 604. The third-order valence-corrected chi connectivity index (χ3v) is 2.71. The van der Waals surface area contributed by atoms with Crippen LogP contribution in [0.2, 0.25) is 5.02 Å². The Morgan fingerprint density at radius 3 is 2.95 bits per heavy atom. The molecular weight excluding hydrogens is 278 g/mol. The van der Waals surface area contributed by atoms with Gasteiger partial charge in [-0.15, -0.1) is 0 Å². The first kappa shape index (κ1) is 14.3. The third-order valence-electron chi connectivity index (χ3n) is 2.48. The number of rotatable bonds is 4. The van der Waals surface area contributed by atoms with Crippen molar-refractivity contribution in [3.05, 3.63) is 41.7 Å². The second kappa shape index (κ2) is 6.86. The van der Waals surface area contributed by atoms with Crippen molar-refractivity contribution in [2.24, 2.45) is 0 Å². The third kappa shape index (κ3) is 3.93. The highest BCUT2D eigenvalue weighted by Crippen LogP contribution is 2.22. The molecule has 104 valence electrons. The molecule has 0 bridgehead atoms. The molecule has 1 amide bonds. The number of hydrogen-bond acceptors (Lipinski definition) is 4. The minimum absolute atomic E-state index is 0.198. The van der Waals surface area contributed by atoms with Crippen LogP contribution in [0.25, 0.3) is 11.3 Å². The molecule has 20 heavy (non-hydrogen) atoms. The first-order valence-electron chi connectivity index (χ1n) is 6.22. The first-order valence-corrected chi connectivity index (χ1v) is 6.60. The number of carbonyl (C=O) groups is 1. The highest BCUT2D eigenvalue weighted by Gasteiger charge is 2.07. The molecular formula is C14H14ClN3O2. The van der Waals surface area contributed by atoms with Crippen molar-refractivity contribution in [3.8, 4) is 17.1 Å². The largest absolute Gasteiger partial charge is 0.413 e. The smallest absolute Gasteiger partial charge is 0.391 e. The minimum Gasteiger partial charge on any atom is -0.391 e. The molecule has 5 nitrogen and oxygen atoms in total. The average molecular weight is 292 g/mol. The molecule has 1 aromatic heterocycles. The SMILES string of the molecule is CCCNC(=O)Oc1cc(-c2cccc(Cl)c2)ncn1. The van der Waals surface area contributed by atoms with Crippen LogP contribution in [0, 0.1) is 0 Å². The van der Waals surface area contributed by atoms with Crippen LogP contribution in [0.1, 0.15) is 13.3 Å². The number of carbonyl (C=O) groups excluding carboxylic acids is 1. The highest BCUT2D eigenvalue weighted by molar-refractivity contribution is 6.30. The molecule has 0 radical (unpaired) electrons. The molecule has 0 saturated carbocycles. The molecule has 1 heterocycles. The molecule has 0 unspecified atom stereocenters. The maximum atomic E-state index is 11.5. The van der Waals surface area contributed by atoms with E-state index in [4.69, 9.17) is 16.3 Å². The van der Waals surface area contributed by atoms with Gasteiger partial charge in [0.05, 0.1) is 5.69 Å². The number of halogens is 1. The Kier molecular flexibility index (Phi) is 4.90. The molecule has 1 N–H and O–H groups in total. The summed E-state index contributed by atoms with van der Waals surface area (Å²) < 4.78 is 5.07. The summed E-state index contributed by atoms with van der Waals surface area (Å²) in [5, 5.41) is 3.22. The zero-order chi connectivity index (χ0) is 14.4. The fourth-order valence-electron chi connectivity index (χ4n) is 1.56. The average Bonchev–Trinajstić information content (AvgIpc) is 2.45. The van der Waals surface area contributed by atoms with E-state index in [9.17, 15) is 4.79 Å². The summed E-state index contributed by atoms with van der Waals surface area (Å²) in [5.74, 6) is 0.198. The van der Waals surface area contributed by atoms with Gasteiger partial charge in [0.25, 0.3) is 0 Å². The maximum Gasteiger partial charge on any atom is 0.413 e. The number of nitrogens with one attached hydrogen (secondary N) is 1. The van der Waals surface area contributed by atoms with E-state index in [1.54, 1.807) is 18.2 Å². The summed E-state index contributed by atoms with van der Waals surface area (Å²) in [6.07, 6.45) is 1.66. The van der Waals surface area contributed by atoms with Crippen LogP contribution in [0.5, 0.6) is 5.88 Å². The van der Waals surface area contributed by atoms with Gasteiger partial charge in [-0.25, -0.2) is 14.8 Å². The number of ether oxygens (including phenoxy) is 1. The molecule has 2 rings (SSSR count). The number of nitrogens with zero attached hydrogens (tertiary/aromatic N) is 2. The van der Waals surface area contributed by atoms with Gasteiger partial charge in [0.15, 0.2) is 0 Å². The zero-order valence-corrected chi connectivity index (χ0v) is 11.7. The predicted octanol–water partition coefficient (Wildman–Crippen LogP) is 3.30. The lowest BCUT2D eigenvalue weighted by atomic mass is 10.1. The highest BCUT2D eigenvalue weighted by atomic mass is 35.5. The van der Waals surface area contributed by atoms with Crippen LogP contribution in [0.3, 0.4) is 0 Å². The van der Waals surface area contributed by atoms with Gasteiger partial charge in [-0.2, -0.15) is 0 Å². The van der Waals surface area contributed by atoms with E-state index in [1.807, 2.05) is 19.1 Å². The molecule has 0 spiro atoms. The van der Waals surface area contributed by atoms with Crippen molar-refractivity contribution in [1.82, 2.24) is 15.3 Å². The summed E-state index contributed by atoms with van der Waals surface area (Å²) >= 11 is 5.94. The molecule has 6 heteroatoms. The molecule has 0 atom stereocenters. The Labute approximate surface area is 122 Å². The molecule has 0 fully saturated rings. The fourth-order valence-corrected chi connectivity index (χ4v) is 1.75. The molecule has 2 aromatic rings. The van der Waals surface area contributed by atoms with Gasteiger partial charge in [0, 0.05) is 23.2 Å². The second-order valence-corrected chi connectivity index (χ2v) is 4.50. The lowest BCUT2D eigenvalue weighted by molar-refractivity contribution is 0.198. The molecule has 1 aromatic carbocycles. The first-order chi connectivity index (χ1) is 9.69. The van der Waals surface area contributed by atoms with Crippen LogP contribution >= 0.6 is 11.6 Å². The van der Waals surface area contributed by atoms with Crippen LogP contribution in [0.4, 0.5) is 4.79 Å². The number of aromatic nitrogens is 2. The molecule has 0 aliphatic rings. The summed E-state index contributed by atoms with van der Waals surface area (Å²) in [6.45, 7) is 2.52. The summed E-state index contributed by atoms with van der Waals surface area (Å²) in [4.78, 5) is 19.5. The molecule has 0 saturated heterocycles. The number of amides is 1. The van der Waals surface area contributed by atoms with Gasteiger partial charge in [0.1, 0.15) is 6.33 Å². The van der Waals surface area contributed by atoms with Crippen LogP contribution in [-0.2, 0) is 0 Å². The normalized spacial score (nSPS) is 10.1. The van der Waals surface area contributed by atoms with Crippen molar-refractivity contribution >= 4 is 17.7 Å². The van der Waals surface area contributed by atoms with Crippen molar-refractivity contribution in [1.29, 1.82) is 0 Å². The van der Waals surface area contributed by atoms with Crippen LogP contribution in [-0.4, -0.2) is 22.6 Å². The van der Waals surface area contributed by atoms with E-state index in [0.717, 1.165) is 12.0 Å². The summed E-state index contributed by atoms with van der Waals surface area (Å²) in [7, 11) is 0. The van der Waals surface area contributed by atoms with Gasteiger partial charge in [-0.3, -0.25) is 0 Å². The Hall–Kier alpha value is -2.14. The van der Waals surface area contributed by atoms with Crippen molar-refractivity contribution in [2.45, 2.75) is 13.3 Å². The van der Waals surface area contributed by atoms with E-state index in [1.165, 1.54) is 6.33 Å². The maximum absolute atomic E-state index is 11.5. The van der Waals surface area contributed by atoms with E-state index < -0.39 is 6.09 Å². The van der Waals surface area contributed by atoms with Crippen molar-refractivity contribution < 1.29 is 9.53 Å². The van der Waals surface area contributed by atoms with E-state index in [0.29, 0.717) is 17.3 Å². The van der Waals surface area contributed by atoms with Gasteiger partial charge < -0.3 is 10.1 Å². The molecule has 0 aliphatic carbocycles. The zero-order valence-electron chi connectivity index (χ0n) is 11.0. The number of benzene rings is 1. The molecule has 0 aliphatic heterocycles. The summed E-state index contributed by atoms with van der Waals surface area (Å²) in [5.41, 5.74) is 1.47. The van der Waals surface area contributed by atoms with Crippen LogP contribution in [0.15, 0.2) is 36.7 Å². The van der Waals surface area contributed by atoms with Crippen molar-refractivity contribution in [3.63, 3.8) is 0 Å². The Balaban J connectivity index is 2.14. The van der Waals surface area contributed by atoms with E-state index in [-0.39, 0.29) is 5.88 Å². The monoisotopic (exact) mass is 291 g/mol. The second-order valence-electron chi connectivity index (χ2n) is 4.07. The van der Waals surface area contributed by atoms with E-state index >= 15 is 0 Å².